The molecule has 3 atom stereocenters. The summed E-state index contributed by atoms with van der Waals surface area (Å²) < 4.78 is 17.7. The molecule has 0 aromatic rings. The molecule has 3 unspecified atom stereocenters. The van der Waals surface area contributed by atoms with Gasteiger partial charge in [0, 0.05) is 19.8 Å². The summed E-state index contributed by atoms with van der Waals surface area (Å²) in [6, 6.07) is 0. The highest BCUT2D eigenvalue weighted by Crippen LogP contribution is 2.52. The van der Waals surface area contributed by atoms with Crippen LogP contribution >= 0.6 is 0 Å². The molecule has 0 N–H and O–H groups in total. The van der Waals surface area contributed by atoms with Crippen LogP contribution in [0.2, 0.25) is 5.54 Å². The second kappa shape index (κ2) is 4.50. The number of fused-ring (bicyclic) bond motifs is 2. The van der Waals surface area contributed by atoms with Crippen molar-refractivity contribution in [1.29, 1.82) is 0 Å². The summed E-state index contributed by atoms with van der Waals surface area (Å²) >= 11 is 0. The molecular weight excluding hydrogens is 232 g/mol. The molecule has 0 heterocycles. The average molecular weight is 256 g/mol. The van der Waals surface area contributed by atoms with E-state index in [0.29, 0.717) is 17.4 Å². The van der Waals surface area contributed by atoms with Crippen molar-refractivity contribution in [2.75, 3.05) is 14.2 Å². The first kappa shape index (κ1) is 13.3. The third-order valence-corrected chi connectivity index (χ3v) is 7.36. The zero-order valence-corrected chi connectivity index (χ0v) is 12.5. The van der Waals surface area contributed by atoms with Crippen LogP contribution in [0.3, 0.4) is 0 Å². The highest BCUT2D eigenvalue weighted by molar-refractivity contribution is 6.62. The molecule has 98 valence electrons. The monoisotopic (exact) mass is 256 g/mol. The van der Waals surface area contributed by atoms with Crippen molar-refractivity contribution in [2.45, 2.75) is 44.8 Å². The molecule has 0 saturated heterocycles. The third-order valence-electron chi connectivity index (χ3n) is 3.75. The van der Waals surface area contributed by atoms with Gasteiger partial charge in [-0.15, -0.1) is 0 Å². The van der Waals surface area contributed by atoms with E-state index in [1.54, 1.807) is 14.2 Å². The quantitative estimate of drug-likeness (QED) is 0.571. The van der Waals surface area contributed by atoms with E-state index in [0.717, 1.165) is 6.42 Å². The number of allylic oxidation sites excluding steroid dienone is 2. The summed E-state index contributed by atoms with van der Waals surface area (Å²) in [5.74, 6) is 1.31. The molecular formula is C13H24O3Si. The lowest BCUT2D eigenvalue weighted by Gasteiger charge is -2.39. The average Bonchev–Trinajstić information content (AvgIpc) is 2.86. The Bertz CT molecular complexity index is 304. The summed E-state index contributed by atoms with van der Waals surface area (Å²) in [5.41, 5.74) is 0.218. The predicted octanol–water partition coefficient (Wildman–Crippen LogP) is 3.00. The van der Waals surface area contributed by atoms with Crippen LogP contribution in [0, 0.1) is 11.8 Å². The maximum Gasteiger partial charge on any atom is 0.504 e. The maximum atomic E-state index is 6.22. The minimum atomic E-state index is -2.55. The number of rotatable bonds is 4. The zero-order valence-electron chi connectivity index (χ0n) is 11.5. The Morgan fingerprint density at radius 3 is 2.06 bits per heavy atom. The van der Waals surface area contributed by atoms with Crippen LogP contribution in [0.1, 0.15) is 33.6 Å². The molecule has 2 aliphatic carbocycles. The van der Waals surface area contributed by atoms with E-state index in [9.17, 15) is 0 Å². The Kier molecular flexibility index (Phi) is 3.51. The lowest BCUT2D eigenvalue weighted by molar-refractivity contribution is 0.00696. The van der Waals surface area contributed by atoms with Gasteiger partial charge in [-0.2, -0.15) is 0 Å². The van der Waals surface area contributed by atoms with E-state index in [-0.39, 0.29) is 5.60 Å². The molecule has 0 amide bonds. The second-order valence-electron chi connectivity index (χ2n) is 6.11. The fourth-order valence-electron chi connectivity index (χ4n) is 3.16. The van der Waals surface area contributed by atoms with E-state index in [4.69, 9.17) is 13.3 Å². The van der Waals surface area contributed by atoms with Crippen LogP contribution in [0.4, 0.5) is 0 Å². The van der Waals surface area contributed by atoms with E-state index in [1.165, 1.54) is 6.42 Å². The standard InChI is InChI=1S/C13H24O3Si/c1-13(2,3)16-17(14-4,15-5)12-9-10-6-7-11(12)8-10/h6-7,10-12H,8-9H2,1-5H3. The van der Waals surface area contributed by atoms with Gasteiger partial charge < -0.3 is 13.3 Å². The van der Waals surface area contributed by atoms with Crippen molar-refractivity contribution >= 4 is 8.80 Å². The van der Waals surface area contributed by atoms with Crippen LogP contribution in [-0.4, -0.2) is 28.6 Å². The minimum absolute atomic E-state index is 0.218. The van der Waals surface area contributed by atoms with E-state index < -0.39 is 8.80 Å². The first-order chi connectivity index (χ1) is 7.90. The Hall–Kier alpha value is -0.163. The van der Waals surface area contributed by atoms with Gasteiger partial charge in [-0.25, -0.2) is 0 Å². The Labute approximate surface area is 106 Å². The maximum absolute atomic E-state index is 6.22. The third kappa shape index (κ3) is 2.50. The normalized spacial score (nSPS) is 32.4. The minimum Gasteiger partial charge on any atom is -0.377 e. The lowest BCUT2D eigenvalue weighted by atomic mass is 10.1. The van der Waals surface area contributed by atoms with Crippen LogP contribution in [0.25, 0.3) is 0 Å². The highest BCUT2D eigenvalue weighted by Gasteiger charge is 2.57. The Morgan fingerprint density at radius 1 is 1.06 bits per heavy atom. The van der Waals surface area contributed by atoms with E-state index >= 15 is 0 Å². The van der Waals surface area contributed by atoms with Gasteiger partial charge in [-0.3, -0.25) is 0 Å². The van der Waals surface area contributed by atoms with Gasteiger partial charge in [-0.05, 0) is 45.4 Å². The molecule has 1 fully saturated rings. The van der Waals surface area contributed by atoms with Gasteiger partial charge in [0.2, 0.25) is 0 Å². The van der Waals surface area contributed by atoms with Gasteiger partial charge in [0.1, 0.15) is 0 Å². The molecule has 0 radical (unpaired) electrons. The molecule has 2 bridgehead atoms. The summed E-state index contributed by atoms with van der Waals surface area (Å²) in [4.78, 5) is 0. The highest BCUT2D eigenvalue weighted by atomic mass is 28.4. The van der Waals surface area contributed by atoms with Crippen molar-refractivity contribution in [2.24, 2.45) is 11.8 Å². The predicted molar refractivity (Wildman–Crippen MR) is 69.7 cm³/mol. The molecule has 0 aliphatic heterocycles. The molecule has 0 aromatic carbocycles. The van der Waals surface area contributed by atoms with Crippen molar-refractivity contribution in [3.05, 3.63) is 12.2 Å². The van der Waals surface area contributed by atoms with Gasteiger partial charge >= 0.3 is 8.80 Å². The fraction of sp³-hybridized carbons (Fsp3) is 0.846. The number of hydrogen-bond donors (Lipinski definition) is 0. The first-order valence-electron chi connectivity index (χ1n) is 6.39. The topological polar surface area (TPSA) is 27.7 Å². The van der Waals surface area contributed by atoms with Crippen LogP contribution in [-0.2, 0) is 13.3 Å². The van der Waals surface area contributed by atoms with Crippen LogP contribution in [0.5, 0.6) is 0 Å². The molecule has 17 heavy (non-hydrogen) atoms. The molecule has 0 aromatic heterocycles. The molecule has 2 rings (SSSR count). The molecule has 3 nitrogen and oxygen atoms in total. The van der Waals surface area contributed by atoms with Gasteiger partial charge in [-0.1, -0.05) is 12.2 Å². The van der Waals surface area contributed by atoms with Crippen molar-refractivity contribution in [1.82, 2.24) is 0 Å². The van der Waals surface area contributed by atoms with Crippen molar-refractivity contribution in [3.8, 4) is 0 Å². The van der Waals surface area contributed by atoms with Gasteiger partial charge in [0.05, 0.1) is 5.60 Å². The smallest absolute Gasteiger partial charge is 0.377 e. The van der Waals surface area contributed by atoms with Gasteiger partial charge in [0.15, 0.2) is 0 Å². The Balaban J connectivity index is 2.19. The summed E-state index contributed by atoms with van der Waals surface area (Å²) in [6.45, 7) is 6.20. The summed E-state index contributed by atoms with van der Waals surface area (Å²) in [7, 11) is 0.916. The molecule has 4 heteroatoms. The molecule has 0 spiro atoms. The van der Waals surface area contributed by atoms with E-state index in [1.807, 2.05) is 0 Å². The largest absolute Gasteiger partial charge is 0.504 e. The second-order valence-corrected chi connectivity index (χ2v) is 9.08. The fourth-order valence-corrected chi connectivity index (χ4v) is 6.47. The van der Waals surface area contributed by atoms with Crippen molar-refractivity contribution < 1.29 is 13.3 Å². The summed E-state index contributed by atoms with van der Waals surface area (Å²) in [5, 5.41) is 0. The van der Waals surface area contributed by atoms with E-state index in [2.05, 4.69) is 32.9 Å². The van der Waals surface area contributed by atoms with Gasteiger partial charge in [0.25, 0.3) is 0 Å². The summed E-state index contributed by atoms with van der Waals surface area (Å²) in [6.07, 6.45) is 7.07. The molecule has 1 saturated carbocycles. The SMILES string of the molecule is CO[Si](OC)(OC(C)(C)C)C1CC2C=CC1C2. The first-order valence-corrected chi connectivity index (χ1v) is 8.19. The van der Waals surface area contributed by atoms with Crippen LogP contribution < -0.4 is 0 Å². The Morgan fingerprint density at radius 2 is 1.71 bits per heavy atom. The zero-order chi connectivity index (χ0) is 12.7. The number of hydrogen-bond acceptors (Lipinski definition) is 3. The van der Waals surface area contributed by atoms with Crippen LogP contribution in [0.15, 0.2) is 12.2 Å². The molecule has 2 aliphatic rings. The van der Waals surface area contributed by atoms with Crippen molar-refractivity contribution in [3.63, 3.8) is 0 Å². The lowest BCUT2D eigenvalue weighted by Crippen LogP contribution is -2.53.